The average molecular weight is 421 g/mol. The zero-order valence-electron chi connectivity index (χ0n) is 16.5. The van der Waals surface area contributed by atoms with Gasteiger partial charge in [-0.25, -0.2) is 9.78 Å². The molecule has 2 heterocycles. The number of hydrogen-bond acceptors (Lipinski definition) is 8. The maximum atomic E-state index is 12.3. The number of anilines is 2. The molecule has 1 atom stereocenters. The second kappa shape index (κ2) is 9.76. The molecule has 8 nitrogen and oxygen atoms in total. The second-order valence-corrected chi connectivity index (χ2v) is 7.05. The van der Waals surface area contributed by atoms with E-state index in [9.17, 15) is 9.90 Å². The van der Waals surface area contributed by atoms with E-state index in [1.165, 1.54) is 6.20 Å². The van der Waals surface area contributed by atoms with Crippen molar-refractivity contribution in [2.75, 3.05) is 37.1 Å². The molecule has 2 N–H and O–H groups in total. The third-order valence-corrected chi connectivity index (χ3v) is 5.09. The summed E-state index contributed by atoms with van der Waals surface area (Å²) in [5.41, 5.74) is 1.16. The van der Waals surface area contributed by atoms with Gasteiger partial charge in [-0.05, 0) is 37.5 Å². The van der Waals surface area contributed by atoms with Crippen LogP contribution >= 0.6 is 11.6 Å². The number of carbonyl (C=O) groups excluding carboxylic acids is 1. The molecule has 1 aliphatic heterocycles. The van der Waals surface area contributed by atoms with Crippen LogP contribution in [0.1, 0.15) is 35.7 Å². The van der Waals surface area contributed by atoms with Crippen LogP contribution in [0.25, 0.3) is 0 Å². The van der Waals surface area contributed by atoms with Gasteiger partial charge in [0.2, 0.25) is 5.95 Å². The lowest BCUT2D eigenvalue weighted by Gasteiger charge is -2.23. The lowest BCUT2D eigenvalue weighted by atomic mass is 10.2. The van der Waals surface area contributed by atoms with Crippen LogP contribution in [-0.2, 0) is 11.3 Å². The summed E-state index contributed by atoms with van der Waals surface area (Å²) in [5, 5.41) is 13.3. The number of rotatable bonds is 8. The summed E-state index contributed by atoms with van der Waals surface area (Å²) in [4.78, 5) is 23.2. The Morgan fingerprint density at radius 1 is 1.45 bits per heavy atom. The summed E-state index contributed by atoms with van der Waals surface area (Å²) in [6, 6.07) is 5.44. The molecule has 0 saturated carbocycles. The first-order valence-electron chi connectivity index (χ1n) is 9.55. The third-order valence-electron chi connectivity index (χ3n) is 4.79. The van der Waals surface area contributed by atoms with Crippen molar-refractivity contribution < 1.29 is 19.4 Å². The quantitative estimate of drug-likeness (QED) is 0.629. The van der Waals surface area contributed by atoms with E-state index in [1.54, 1.807) is 26.2 Å². The molecular weight excluding hydrogens is 396 g/mol. The van der Waals surface area contributed by atoms with E-state index in [2.05, 4.69) is 15.3 Å². The van der Waals surface area contributed by atoms with E-state index in [-0.39, 0.29) is 24.8 Å². The molecule has 1 unspecified atom stereocenters. The number of esters is 1. The lowest BCUT2D eigenvalue weighted by molar-refractivity contribution is 0.0526. The molecule has 0 spiro atoms. The Morgan fingerprint density at radius 2 is 2.28 bits per heavy atom. The minimum Gasteiger partial charge on any atom is -0.495 e. The van der Waals surface area contributed by atoms with Crippen LogP contribution in [0.2, 0.25) is 5.02 Å². The number of aliphatic hydroxyl groups is 1. The van der Waals surface area contributed by atoms with Crippen LogP contribution in [-0.4, -0.2) is 54.0 Å². The highest BCUT2D eigenvalue weighted by Crippen LogP contribution is 2.27. The van der Waals surface area contributed by atoms with Gasteiger partial charge >= 0.3 is 5.97 Å². The molecule has 1 saturated heterocycles. The van der Waals surface area contributed by atoms with Gasteiger partial charge in [-0.1, -0.05) is 17.7 Å². The van der Waals surface area contributed by atoms with Gasteiger partial charge in [0.1, 0.15) is 17.1 Å². The van der Waals surface area contributed by atoms with Crippen molar-refractivity contribution >= 4 is 29.3 Å². The lowest BCUT2D eigenvalue weighted by Crippen LogP contribution is -2.33. The van der Waals surface area contributed by atoms with Crippen molar-refractivity contribution in [1.82, 2.24) is 9.97 Å². The monoisotopic (exact) mass is 420 g/mol. The normalized spacial score (nSPS) is 16.0. The largest absolute Gasteiger partial charge is 0.495 e. The molecule has 1 aliphatic rings. The van der Waals surface area contributed by atoms with Gasteiger partial charge < -0.3 is 24.8 Å². The molecule has 0 amide bonds. The van der Waals surface area contributed by atoms with Crippen LogP contribution in [0.5, 0.6) is 5.75 Å². The first-order chi connectivity index (χ1) is 14.1. The Labute approximate surface area is 174 Å². The number of benzene rings is 1. The number of hydrogen-bond donors (Lipinski definition) is 2. The number of nitrogens with one attached hydrogen (secondary N) is 1. The number of methoxy groups -OCH3 is 1. The van der Waals surface area contributed by atoms with Gasteiger partial charge in [-0.2, -0.15) is 4.98 Å². The number of ether oxygens (including phenoxy) is 2. The first kappa shape index (κ1) is 21.1. The molecule has 0 radical (unpaired) electrons. The van der Waals surface area contributed by atoms with Crippen molar-refractivity contribution in [1.29, 1.82) is 0 Å². The highest BCUT2D eigenvalue weighted by molar-refractivity contribution is 6.32. The Hall–Kier alpha value is -2.58. The molecule has 1 aromatic heterocycles. The SMILES string of the molecule is CCOC(=O)c1cnc(N2CCCC2CO)nc1NCc1ccc(OC)c(Cl)c1. The van der Waals surface area contributed by atoms with E-state index in [4.69, 9.17) is 21.1 Å². The van der Waals surface area contributed by atoms with E-state index in [0.717, 1.165) is 24.9 Å². The van der Waals surface area contributed by atoms with Crippen LogP contribution in [0.15, 0.2) is 24.4 Å². The molecule has 3 rings (SSSR count). The molecule has 2 aromatic rings. The fourth-order valence-corrected chi connectivity index (χ4v) is 3.58. The van der Waals surface area contributed by atoms with E-state index < -0.39 is 5.97 Å². The van der Waals surface area contributed by atoms with Gasteiger partial charge in [-0.15, -0.1) is 0 Å². The smallest absolute Gasteiger partial charge is 0.343 e. The Bertz CT molecular complexity index is 864. The minimum atomic E-state index is -0.491. The summed E-state index contributed by atoms with van der Waals surface area (Å²) >= 11 is 6.19. The van der Waals surface area contributed by atoms with E-state index in [0.29, 0.717) is 29.1 Å². The van der Waals surface area contributed by atoms with Crippen LogP contribution in [0.4, 0.5) is 11.8 Å². The van der Waals surface area contributed by atoms with Gasteiger partial charge in [-0.3, -0.25) is 0 Å². The van der Waals surface area contributed by atoms with Crippen molar-refractivity contribution in [3.8, 4) is 5.75 Å². The average Bonchev–Trinajstić information content (AvgIpc) is 3.21. The number of nitrogens with zero attached hydrogens (tertiary/aromatic N) is 3. The number of aromatic nitrogens is 2. The summed E-state index contributed by atoms with van der Waals surface area (Å²) in [7, 11) is 1.56. The topological polar surface area (TPSA) is 96.8 Å². The number of carbonyl (C=O) groups is 1. The summed E-state index contributed by atoms with van der Waals surface area (Å²) < 4.78 is 10.3. The first-order valence-corrected chi connectivity index (χ1v) is 9.93. The van der Waals surface area contributed by atoms with E-state index in [1.807, 2.05) is 11.0 Å². The second-order valence-electron chi connectivity index (χ2n) is 6.65. The predicted octanol–water partition coefficient (Wildman–Crippen LogP) is 2.89. The van der Waals surface area contributed by atoms with Crippen LogP contribution in [0, 0.1) is 0 Å². The van der Waals surface area contributed by atoms with Crippen molar-refractivity contribution in [2.24, 2.45) is 0 Å². The standard InChI is InChI=1S/C20H25ClN4O4/c1-3-29-19(27)15-11-23-20(25-8-4-5-14(25)12-26)24-18(15)22-10-13-6-7-17(28-2)16(21)9-13/h6-7,9,11,14,26H,3-5,8,10,12H2,1-2H3,(H,22,23,24). The summed E-state index contributed by atoms with van der Waals surface area (Å²) in [6.45, 7) is 3.20. The van der Waals surface area contributed by atoms with Crippen molar-refractivity contribution in [3.63, 3.8) is 0 Å². The molecule has 9 heteroatoms. The maximum Gasteiger partial charge on any atom is 0.343 e. The van der Waals surface area contributed by atoms with Gasteiger partial charge in [0, 0.05) is 19.3 Å². The Kier molecular flexibility index (Phi) is 7.11. The summed E-state index contributed by atoms with van der Waals surface area (Å²) in [6.07, 6.45) is 3.31. The molecule has 1 fully saturated rings. The zero-order chi connectivity index (χ0) is 20.8. The predicted molar refractivity (Wildman–Crippen MR) is 111 cm³/mol. The van der Waals surface area contributed by atoms with Gasteiger partial charge in [0.05, 0.1) is 31.4 Å². The zero-order valence-corrected chi connectivity index (χ0v) is 17.3. The molecule has 29 heavy (non-hydrogen) atoms. The number of aliphatic hydroxyl groups excluding tert-OH is 1. The molecular formula is C20H25ClN4O4. The third kappa shape index (κ3) is 4.89. The van der Waals surface area contributed by atoms with Crippen LogP contribution in [0.3, 0.4) is 0 Å². The molecule has 156 valence electrons. The Balaban J connectivity index is 1.86. The molecule has 0 bridgehead atoms. The van der Waals surface area contributed by atoms with Crippen molar-refractivity contribution in [3.05, 3.63) is 40.5 Å². The van der Waals surface area contributed by atoms with Crippen molar-refractivity contribution in [2.45, 2.75) is 32.4 Å². The highest BCUT2D eigenvalue weighted by atomic mass is 35.5. The fraction of sp³-hybridized carbons (Fsp3) is 0.450. The number of halogens is 1. The van der Waals surface area contributed by atoms with Gasteiger partial charge in [0.15, 0.2) is 0 Å². The van der Waals surface area contributed by atoms with E-state index >= 15 is 0 Å². The van der Waals surface area contributed by atoms with Gasteiger partial charge in [0.25, 0.3) is 0 Å². The summed E-state index contributed by atoms with van der Waals surface area (Å²) in [5.74, 6) is 0.958. The Morgan fingerprint density at radius 3 is 2.97 bits per heavy atom. The molecule has 1 aromatic carbocycles. The minimum absolute atomic E-state index is 0.0170. The fourth-order valence-electron chi connectivity index (χ4n) is 3.30. The highest BCUT2D eigenvalue weighted by Gasteiger charge is 2.27. The maximum absolute atomic E-state index is 12.3. The molecule has 0 aliphatic carbocycles. The van der Waals surface area contributed by atoms with Crippen LogP contribution < -0.4 is 15.0 Å².